The van der Waals surface area contributed by atoms with Crippen molar-refractivity contribution in [1.29, 1.82) is 0 Å². The van der Waals surface area contributed by atoms with Gasteiger partial charge in [-0.25, -0.2) is 4.68 Å². The van der Waals surface area contributed by atoms with E-state index in [-0.39, 0.29) is 16.7 Å². The molecule has 0 saturated carbocycles. The number of rotatable bonds is 4. The minimum absolute atomic E-state index is 0.245. The van der Waals surface area contributed by atoms with E-state index in [1.807, 2.05) is 30.3 Å². The molecule has 4 aromatic rings. The highest BCUT2D eigenvalue weighted by molar-refractivity contribution is 5.81. The molecule has 7 heteroatoms. The zero-order chi connectivity index (χ0) is 21.5. The predicted octanol–water partition coefficient (Wildman–Crippen LogP) is 5.14. The van der Waals surface area contributed by atoms with Crippen LogP contribution in [0.3, 0.4) is 0 Å². The van der Waals surface area contributed by atoms with Crippen molar-refractivity contribution >= 4 is 10.9 Å². The van der Waals surface area contributed by atoms with Crippen molar-refractivity contribution < 1.29 is 23.0 Å². The van der Waals surface area contributed by atoms with E-state index >= 15 is 0 Å². The highest BCUT2D eigenvalue weighted by Gasteiger charge is 2.57. The van der Waals surface area contributed by atoms with Crippen LogP contribution in [-0.2, 0) is 5.60 Å². The van der Waals surface area contributed by atoms with Gasteiger partial charge in [-0.1, -0.05) is 30.3 Å². The highest BCUT2D eigenvalue weighted by atomic mass is 19.4. The molecule has 1 heterocycles. The highest BCUT2D eigenvalue weighted by Crippen LogP contribution is 2.46. The zero-order valence-corrected chi connectivity index (χ0v) is 16.3. The average Bonchev–Trinajstić information content (AvgIpc) is 3.16. The van der Waals surface area contributed by atoms with E-state index < -0.39 is 11.8 Å². The van der Waals surface area contributed by atoms with Gasteiger partial charge in [0.15, 0.2) is 0 Å². The van der Waals surface area contributed by atoms with Gasteiger partial charge in [-0.15, -0.1) is 0 Å². The molecule has 0 fully saturated rings. The molecule has 1 unspecified atom stereocenters. The number of nitrogens with zero attached hydrogens (tertiary/aromatic N) is 2. The molecule has 0 aliphatic carbocycles. The number of benzene rings is 3. The van der Waals surface area contributed by atoms with Crippen LogP contribution in [0.25, 0.3) is 16.6 Å². The van der Waals surface area contributed by atoms with E-state index in [9.17, 15) is 18.3 Å². The summed E-state index contributed by atoms with van der Waals surface area (Å²) in [6, 6.07) is 17.6. The molecular weight excluding hydrogens is 393 g/mol. The number of para-hydroxylation sites is 1. The van der Waals surface area contributed by atoms with Crippen LogP contribution < -0.4 is 4.74 Å². The van der Waals surface area contributed by atoms with Gasteiger partial charge in [-0.3, -0.25) is 0 Å². The van der Waals surface area contributed by atoms with Crippen molar-refractivity contribution in [2.75, 3.05) is 7.11 Å². The van der Waals surface area contributed by atoms with Crippen molar-refractivity contribution in [3.8, 4) is 11.4 Å². The van der Waals surface area contributed by atoms with Crippen LogP contribution in [-0.4, -0.2) is 28.2 Å². The summed E-state index contributed by atoms with van der Waals surface area (Å²) >= 11 is 0. The molecule has 1 aromatic heterocycles. The van der Waals surface area contributed by atoms with Crippen LogP contribution in [0.1, 0.15) is 16.7 Å². The quantitative estimate of drug-likeness (QED) is 0.505. The summed E-state index contributed by atoms with van der Waals surface area (Å²) in [7, 11) is 1.43. The fraction of sp³-hybridized carbons (Fsp3) is 0.174. The standard InChI is InChI=1S/C23H19F3N2O2/c1-15-12-19(30-2)9-10-20(15)22(29,23(24,25)26)17-8-11-21-16(13-17)14-27-28(21)18-6-4-3-5-7-18/h3-14,29H,1-2H3. The van der Waals surface area contributed by atoms with Gasteiger partial charge >= 0.3 is 6.18 Å². The molecule has 3 aromatic carbocycles. The van der Waals surface area contributed by atoms with E-state index in [1.54, 1.807) is 10.7 Å². The molecule has 4 rings (SSSR count). The number of hydrogen-bond acceptors (Lipinski definition) is 3. The van der Waals surface area contributed by atoms with Gasteiger partial charge in [0.05, 0.1) is 24.5 Å². The fourth-order valence-corrected chi connectivity index (χ4v) is 3.67. The van der Waals surface area contributed by atoms with Crippen LogP contribution in [0.5, 0.6) is 5.75 Å². The zero-order valence-electron chi connectivity index (χ0n) is 16.3. The molecule has 30 heavy (non-hydrogen) atoms. The minimum Gasteiger partial charge on any atom is -0.497 e. The molecule has 0 aliphatic heterocycles. The lowest BCUT2D eigenvalue weighted by Gasteiger charge is -2.33. The molecule has 0 amide bonds. The fourth-order valence-electron chi connectivity index (χ4n) is 3.67. The summed E-state index contributed by atoms with van der Waals surface area (Å²) in [5.41, 5.74) is -1.99. The molecule has 0 aliphatic rings. The van der Waals surface area contributed by atoms with Gasteiger partial charge in [0.1, 0.15) is 5.75 Å². The lowest BCUT2D eigenvalue weighted by atomic mass is 9.83. The number of aryl methyl sites for hydroxylation is 1. The number of methoxy groups -OCH3 is 1. The third kappa shape index (κ3) is 3.11. The lowest BCUT2D eigenvalue weighted by Crippen LogP contribution is -2.43. The molecule has 0 spiro atoms. The number of hydrogen-bond donors (Lipinski definition) is 1. The Labute approximate surface area is 171 Å². The van der Waals surface area contributed by atoms with Crippen LogP contribution in [0, 0.1) is 6.92 Å². The van der Waals surface area contributed by atoms with Crippen LogP contribution in [0.4, 0.5) is 13.2 Å². The van der Waals surface area contributed by atoms with Crippen LogP contribution in [0.2, 0.25) is 0 Å². The van der Waals surface area contributed by atoms with E-state index in [0.29, 0.717) is 16.7 Å². The maximum atomic E-state index is 14.2. The van der Waals surface area contributed by atoms with Crippen LogP contribution >= 0.6 is 0 Å². The summed E-state index contributed by atoms with van der Waals surface area (Å²) in [6.45, 7) is 1.51. The van der Waals surface area contributed by atoms with Crippen molar-refractivity contribution in [3.63, 3.8) is 0 Å². The SMILES string of the molecule is COc1ccc(C(O)(c2ccc3c(cnn3-c3ccccc3)c2)C(F)(F)F)c(C)c1. The van der Waals surface area contributed by atoms with E-state index in [1.165, 1.54) is 50.6 Å². The van der Waals surface area contributed by atoms with Crippen LogP contribution in [0.15, 0.2) is 72.9 Å². The van der Waals surface area contributed by atoms with Gasteiger partial charge in [-0.05, 0) is 54.4 Å². The van der Waals surface area contributed by atoms with Gasteiger partial charge in [-0.2, -0.15) is 18.3 Å². The smallest absolute Gasteiger partial charge is 0.425 e. The Kier molecular flexibility index (Phi) is 4.78. The molecule has 4 nitrogen and oxygen atoms in total. The van der Waals surface area contributed by atoms with Gasteiger partial charge in [0.25, 0.3) is 0 Å². The Bertz CT molecular complexity index is 1200. The first kappa shape index (κ1) is 20.0. The summed E-state index contributed by atoms with van der Waals surface area (Å²) < 4.78 is 49.3. The Morgan fingerprint density at radius 2 is 1.70 bits per heavy atom. The third-order valence-electron chi connectivity index (χ3n) is 5.22. The minimum atomic E-state index is -4.94. The molecule has 154 valence electrons. The van der Waals surface area contributed by atoms with E-state index in [0.717, 1.165) is 5.69 Å². The number of halogens is 3. The summed E-state index contributed by atoms with van der Waals surface area (Å²) in [4.78, 5) is 0. The number of fused-ring (bicyclic) bond motifs is 1. The largest absolute Gasteiger partial charge is 0.497 e. The average molecular weight is 412 g/mol. The lowest BCUT2D eigenvalue weighted by molar-refractivity contribution is -0.248. The predicted molar refractivity (Wildman–Crippen MR) is 108 cm³/mol. The molecule has 0 saturated heterocycles. The first-order valence-corrected chi connectivity index (χ1v) is 9.23. The normalized spacial score (nSPS) is 13.9. The first-order chi connectivity index (χ1) is 14.3. The number of aliphatic hydroxyl groups is 1. The van der Waals surface area contributed by atoms with Gasteiger partial charge in [0.2, 0.25) is 5.60 Å². The molecular formula is C23H19F3N2O2. The molecule has 0 bridgehead atoms. The Hall–Kier alpha value is -3.32. The second-order valence-electron chi connectivity index (χ2n) is 7.05. The monoisotopic (exact) mass is 412 g/mol. The van der Waals surface area contributed by atoms with Crippen molar-refractivity contribution in [3.05, 3.63) is 89.6 Å². The van der Waals surface area contributed by atoms with Gasteiger partial charge in [0, 0.05) is 10.9 Å². The first-order valence-electron chi connectivity index (χ1n) is 9.23. The summed E-state index contributed by atoms with van der Waals surface area (Å²) in [5, 5.41) is 15.8. The Morgan fingerprint density at radius 1 is 0.967 bits per heavy atom. The number of alkyl halides is 3. The molecule has 1 atom stereocenters. The second kappa shape index (κ2) is 7.18. The maximum absolute atomic E-state index is 14.2. The van der Waals surface area contributed by atoms with E-state index in [2.05, 4.69) is 5.10 Å². The van der Waals surface area contributed by atoms with Gasteiger partial charge < -0.3 is 9.84 Å². The summed E-state index contributed by atoms with van der Waals surface area (Å²) in [5.74, 6) is 0.417. The Balaban J connectivity index is 1.89. The van der Waals surface area contributed by atoms with Crippen molar-refractivity contribution in [1.82, 2.24) is 9.78 Å². The molecule has 1 N–H and O–H groups in total. The molecule has 0 radical (unpaired) electrons. The summed E-state index contributed by atoms with van der Waals surface area (Å²) in [6.07, 6.45) is -3.45. The number of ether oxygens (including phenoxy) is 1. The Morgan fingerprint density at radius 3 is 2.33 bits per heavy atom. The van der Waals surface area contributed by atoms with Crippen molar-refractivity contribution in [2.45, 2.75) is 18.7 Å². The second-order valence-corrected chi connectivity index (χ2v) is 7.05. The maximum Gasteiger partial charge on any atom is 0.425 e. The number of aromatic nitrogens is 2. The third-order valence-corrected chi connectivity index (χ3v) is 5.22. The van der Waals surface area contributed by atoms with E-state index in [4.69, 9.17) is 4.74 Å². The van der Waals surface area contributed by atoms with Crippen molar-refractivity contribution in [2.24, 2.45) is 0 Å². The topological polar surface area (TPSA) is 47.3 Å².